The Kier molecular flexibility index (Phi) is 6.96. The van der Waals surface area contributed by atoms with Gasteiger partial charge >= 0.3 is 0 Å². The standard InChI is InChI=1S/C31H32O4S/c1-21-7-13-27(14-8-21)36(32,33)28-15-11-26(12-16-28)35-30-18-10-25(20-23(30)3)31(4,5)24-9-17-29(34-6)22(2)19-24/h7-20H,1-6H3. The Labute approximate surface area is 214 Å². The number of ether oxygens (including phenoxy) is 2. The lowest BCUT2D eigenvalue weighted by Crippen LogP contribution is -2.19. The van der Waals surface area contributed by atoms with Crippen LogP contribution in [0.5, 0.6) is 17.2 Å². The lowest BCUT2D eigenvalue weighted by atomic mass is 9.77. The van der Waals surface area contributed by atoms with E-state index < -0.39 is 9.84 Å². The Morgan fingerprint density at radius 2 is 1.11 bits per heavy atom. The first kappa shape index (κ1) is 25.5. The summed E-state index contributed by atoms with van der Waals surface area (Å²) in [6.07, 6.45) is 0. The van der Waals surface area contributed by atoms with Crippen molar-refractivity contribution in [3.8, 4) is 17.2 Å². The monoisotopic (exact) mass is 500 g/mol. The maximum atomic E-state index is 12.9. The summed E-state index contributed by atoms with van der Waals surface area (Å²) < 4.78 is 37.4. The second kappa shape index (κ2) is 9.82. The quantitative estimate of drug-likeness (QED) is 0.263. The maximum absolute atomic E-state index is 12.9. The van der Waals surface area contributed by atoms with Crippen LogP contribution in [0.15, 0.2) is 94.7 Å². The highest BCUT2D eigenvalue weighted by molar-refractivity contribution is 7.91. The van der Waals surface area contributed by atoms with Crippen LogP contribution in [-0.2, 0) is 15.3 Å². The first-order valence-electron chi connectivity index (χ1n) is 11.9. The van der Waals surface area contributed by atoms with Crippen molar-refractivity contribution in [3.05, 3.63) is 113 Å². The summed E-state index contributed by atoms with van der Waals surface area (Å²) in [5.41, 5.74) is 5.30. The van der Waals surface area contributed by atoms with Crippen LogP contribution in [0, 0.1) is 20.8 Å². The molecule has 5 heteroatoms. The Hall–Kier alpha value is -3.57. The fourth-order valence-electron chi connectivity index (χ4n) is 4.25. The van der Waals surface area contributed by atoms with Crippen molar-refractivity contribution < 1.29 is 17.9 Å². The molecular weight excluding hydrogens is 468 g/mol. The van der Waals surface area contributed by atoms with Gasteiger partial charge in [0.1, 0.15) is 17.2 Å². The highest BCUT2D eigenvalue weighted by Gasteiger charge is 2.25. The molecule has 0 spiro atoms. The fraction of sp³-hybridized carbons (Fsp3) is 0.226. The maximum Gasteiger partial charge on any atom is 0.206 e. The van der Waals surface area contributed by atoms with E-state index in [9.17, 15) is 8.42 Å². The summed E-state index contributed by atoms with van der Waals surface area (Å²) >= 11 is 0. The van der Waals surface area contributed by atoms with Gasteiger partial charge in [0.15, 0.2) is 0 Å². The van der Waals surface area contributed by atoms with Gasteiger partial charge in [-0.05, 0) is 91.6 Å². The van der Waals surface area contributed by atoms with Crippen LogP contribution in [0.3, 0.4) is 0 Å². The minimum absolute atomic E-state index is 0.202. The van der Waals surface area contributed by atoms with Crippen LogP contribution in [0.1, 0.15) is 41.7 Å². The molecule has 0 saturated carbocycles. The Morgan fingerprint density at radius 3 is 1.58 bits per heavy atom. The van der Waals surface area contributed by atoms with Crippen LogP contribution in [0.2, 0.25) is 0 Å². The molecular formula is C31H32O4S. The zero-order chi connectivity index (χ0) is 26.1. The van der Waals surface area contributed by atoms with Crippen LogP contribution < -0.4 is 9.47 Å². The predicted molar refractivity (Wildman–Crippen MR) is 144 cm³/mol. The summed E-state index contributed by atoms with van der Waals surface area (Å²) in [7, 11) is -1.89. The van der Waals surface area contributed by atoms with E-state index in [1.165, 1.54) is 11.1 Å². The van der Waals surface area contributed by atoms with Crippen molar-refractivity contribution in [2.24, 2.45) is 0 Å². The molecule has 0 N–H and O–H groups in total. The third kappa shape index (κ3) is 5.02. The normalized spacial score (nSPS) is 11.8. The number of aryl methyl sites for hydroxylation is 3. The second-order valence-electron chi connectivity index (χ2n) is 9.68. The molecule has 36 heavy (non-hydrogen) atoms. The van der Waals surface area contributed by atoms with E-state index in [1.807, 2.05) is 26.0 Å². The van der Waals surface area contributed by atoms with Gasteiger partial charge in [0, 0.05) is 5.41 Å². The number of benzene rings is 4. The zero-order valence-corrected chi connectivity index (χ0v) is 22.4. The predicted octanol–water partition coefficient (Wildman–Crippen LogP) is 7.57. The highest BCUT2D eigenvalue weighted by atomic mass is 32.2. The van der Waals surface area contributed by atoms with Crippen LogP contribution in [-0.4, -0.2) is 15.5 Å². The Balaban J connectivity index is 1.54. The summed E-state index contributed by atoms with van der Waals surface area (Å²) in [5.74, 6) is 2.19. The van der Waals surface area contributed by atoms with Crippen molar-refractivity contribution in [2.75, 3.05) is 7.11 Å². The van der Waals surface area contributed by atoms with Crippen molar-refractivity contribution in [3.63, 3.8) is 0 Å². The summed E-state index contributed by atoms with van der Waals surface area (Å²) in [5, 5.41) is 0. The van der Waals surface area contributed by atoms with E-state index in [4.69, 9.17) is 9.47 Å². The van der Waals surface area contributed by atoms with E-state index >= 15 is 0 Å². The number of hydrogen-bond acceptors (Lipinski definition) is 4. The molecule has 0 fully saturated rings. The molecule has 4 rings (SSSR count). The van der Waals surface area contributed by atoms with Crippen molar-refractivity contribution >= 4 is 9.84 Å². The SMILES string of the molecule is COc1ccc(C(C)(C)c2ccc(Oc3ccc(S(=O)(=O)c4ccc(C)cc4)cc3)c(C)c2)cc1C. The van der Waals surface area contributed by atoms with Gasteiger partial charge in [-0.3, -0.25) is 0 Å². The minimum Gasteiger partial charge on any atom is -0.496 e. The summed E-state index contributed by atoms with van der Waals surface area (Å²) in [6.45, 7) is 10.4. The van der Waals surface area contributed by atoms with Crippen LogP contribution >= 0.6 is 0 Å². The van der Waals surface area contributed by atoms with E-state index in [2.05, 4.69) is 45.0 Å². The Bertz CT molecular complexity index is 1480. The molecule has 0 radical (unpaired) electrons. The average Bonchev–Trinajstić information content (AvgIpc) is 2.85. The van der Waals surface area contributed by atoms with Gasteiger partial charge < -0.3 is 9.47 Å². The molecule has 0 unspecified atom stereocenters. The molecule has 0 heterocycles. The molecule has 0 bridgehead atoms. The third-order valence-corrected chi connectivity index (χ3v) is 8.49. The topological polar surface area (TPSA) is 52.6 Å². The van der Waals surface area contributed by atoms with Gasteiger partial charge in [-0.25, -0.2) is 8.42 Å². The lowest BCUT2D eigenvalue weighted by Gasteiger charge is -2.27. The van der Waals surface area contributed by atoms with Crippen molar-refractivity contribution in [2.45, 2.75) is 49.8 Å². The smallest absolute Gasteiger partial charge is 0.206 e. The fourth-order valence-corrected chi connectivity index (χ4v) is 5.51. The molecule has 186 valence electrons. The molecule has 0 aromatic heterocycles. The summed E-state index contributed by atoms with van der Waals surface area (Å²) in [4.78, 5) is 0.519. The molecule has 0 atom stereocenters. The zero-order valence-electron chi connectivity index (χ0n) is 21.6. The highest BCUT2D eigenvalue weighted by Crippen LogP contribution is 2.37. The van der Waals surface area contributed by atoms with Gasteiger partial charge in [0.2, 0.25) is 9.84 Å². The molecule has 0 amide bonds. The van der Waals surface area contributed by atoms with E-state index in [1.54, 1.807) is 55.6 Å². The first-order valence-corrected chi connectivity index (χ1v) is 13.4. The third-order valence-electron chi connectivity index (χ3n) is 6.71. The van der Waals surface area contributed by atoms with Crippen LogP contribution in [0.4, 0.5) is 0 Å². The molecule has 0 aliphatic heterocycles. The van der Waals surface area contributed by atoms with Crippen molar-refractivity contribution in [1.29, 1.82) is 0 Å². The largest absolute Gasteiger partial charge is 0.496 e. The lowest BCUT2D eigenvalue weighted by molar-refractivity contribution is 0.411. The van der Waals surface area contributed by atoms with Gasteiger partial charge in [-0.1, -0.05) is 55.8 Å². The molecule has 0 saturated heterocycles. The molecule has 4 nitrogen and oxygen atoms in total. The number of hydrogen-bond donors (Lipinski definition) is 0. The van der Waals surface area contributed by atoms with Gasteiger partial charge in [-0.2, -0.15) is 0 Å². The van der Waals surface area contributed by atoms with E-state index in [0.717, 1.165) is 28.2 Å². The molecule has 0 aliphatic rings. The molecule has 0 aliphatic carbocycles. The minimum atomic E-state index is -3.57. The van der Waals surface area contributed by atoms with E-state index in [-0.39, 0.29) is 15.2 Å². The number of methoxy groups -OCH3 is 1. The molecule has 4 aromatic rings. The van der Waals surface area contributed by atoms with Gasteiger partial charge in [0.25, 0.3) is 0 Å². The number of sulfone groups is 1. The Morgan fingerprint density at radius 1 is 0.639 bits per heavy atom. The molecule has 4 aromatic carbocycles. The van der Waals surface area contributed by atoms with Gasteiger partial charge in [0.05, 0.1) is 16.9 Å². The van der Waals surface area contributed by atoms with Crippen LogP contribution in [0.25, 0.3) is 0 Å². The number of rotatable bonds is 7. The van der Waals surface area contributed by atoms with E-state index in [0.29, 0.717) is 5.75 Å². The second-order valence-corrected chi connectivity index (χ2v) is 11.6. The summed E-state index contributed by atoms with van der Waals surface area (Å²) in [6, 6.07) is 25.9. The van der Waals surface area contributed by atoms with Crippen molar-refractivity contribution in [1.82, 2.24) is 0 Å². The van der Waals surface area contributed by atoms with Gasteiger partial charge in [-0.15, -0.1) is 0 Å². The average molecular weight is 501 g/mol. The first-order chi connectivity index (χ1) is 17.0.